The summed E-state index contributed by atoms with van der Waals surface area (Å²) in [7, 11) is 0. The Morgan fingerprint density at radius 3 is 2.15 bits per heavy atom. The Bertz CT molecular complexity index is 730. The van der Waals surface area contributed by atoms with E-state index in [4.69, 9.17) is 21.0 Å². The molecular formula is C15H12N4O. The molecule has 20 heavy (non-hydrogen) atoms. The summed E-state index contributed by atoms with van der Waals surface area (Å²) in [6.45, 7) is 3.70. The molecule has 0 amide bonds. The molecule has 1 heterocycles. The number of nitrogens with two attached hydrogens (primary N) is 1. The lowest BCUT2D eigenvalue weighted by Crippen LogP contribution is -1.99. The summed E-state index contributed by atoms with van der Waals surface area (Å²) in [5, 5.41) is 17.7. The summed E-state index contributed by atoms with van der Waals surface area (Å²) in [4.78, 5) is 4.03. The number of benzene rings is 1. The lowest BCUT2D eigenvalue weighted by atomic mass is 10.1. The normalized spacial score (nSPS) is 9.60. The molecule has 0 aliphatic heterocycles. The highest BCUT2D eigenvalue weighted by molar-refractivity contribution is 5.55. The van der Waals surface area contributed by atoms with Crippen LogP contribution >= 0.6 is 0 Å². The van der Waals surface area contributed by atoms with Gasteiger partial charge in [-0.05, 0) is 43.2 Å². The number of hydrogen-bond donors (Lipinski definition) is 1. The van der Waals surface area contributed by atoms with Crippen molar-refractivity contribution in [3.63, 3.8) is 0 Å². The average molecular weight is 264 g/mol. The molecule has 0 atom stereocenters. The van der Waals surface area contributed by atoms with Crippen LogP contribution in [0.2, 0.25) is 0 Å². The lowest BCUT2D eigenvalue weighted by molar-refractivity contribution is 0.458. The SMILES string of the molecule is Cc1cc(C#N)cc(C)c1Oc1ncc(C#N)cc1N. The van der Waals surface area contributed by atoms with Gasteiger partial charge in [0.15, 0.2) is 0 Å². The molecule has 0 bridgehead atoms. The van der Waals surface area contributed by atoms with Gasteiger partial charge in [-0.15, -0.1) is 0 Å². The number of ether oxygens (including phenoxy) is 1. The van der Waals surface area contributed by atoms with E-state index >= 15 is 0 Å². The van der Waals surface area contributed by atoms with Crippen molar-refractivity contribution in [2.45, 2.75) is 13.8 Å². The number of anilines is 1. The van der Waals surface area contributed by atoms with Crippen molar-refractivity contribution < 1.29 is 4.74 Å². The van der Waals surface area contributed by atoms with Crippen LogP contribution < -0.4 is 10.5 Å². The molecule has 5 heteroatoms. The molecule has 0 radical (unpaired) electrons. The van der Waals surface area contributed by atoms with Crippen LogP contribution in [0.4, 0.5) is 5.69 Å². The summed E-state index contributed by atoms with van der Waals surface area (Å²) >= 11 is 0. The van der Waals surface area contributed by atoms with Gasteiger partial charge in [0.05, 0.1) is 22.9 Å². The number of nitrogens with zero attached hydrogens (tertiary/aromatic N) is 3. The monoisotopic (exact) mass is 264 g/mol. The third-order valence-electron chi connectivity index (χ3n) is 2.80. The Hall–Kier alpha value is -3.05. The minimum Gasteiger partial charge on any atom is -0.437 e. The predicted molar refractivity (Wildman–Crippen MR) is 74.1 cm³/mol. The molecule has 2 aromatic rings. The predicted octanol–water partition coefficient (Wildman–Crippen LogP) is 2.82. The zero-order valence-electron chi connectivity index (χ0n) is 11.1. The molecule has 0 aliphatic carbocycles. The van der Waals surface area contributed by atoms with Gasteiger partial charge < -0.3 is 10.5 Å². The van der Waals surface area contributed by atoms with Crippen molar-refractivity contribution in [3.05, 3.63) is 46.6 Å². The number of aryl methyl sites for hydroxylation is 2. The standard InChI is InChI=1S/C15H12N4O/c1-9-3-11(6-16)4-10(2)14(9)20-15-13(18)5-12(7-17)8-19-15/h3-5,8H,18H2,1-2H3. The summed E-state index contributed by atoms with van der Waals surface area (Å²) in [5.41, 5.74) is 8.72. The Labute approximate surface area is 116 Å². The van der Waals surface area contributed by atoms with Crippen molar-refractivity contribution in [3.8, 4) is 23.8 Å². The fourth-order valence-electron chi connectivity index (χ4n) is 1.89. The summed E-state index contributed by atoms with van der Waals surface area (Å²) < 4.78 is 5.71. The first-order valence-corrected chi connectivity index (χ1v) is 5.90. The Kier molecular flexibility index (Phi) is 3.54. The summed E-state index contributed by atoms with van der Waals surface area (Å²) in [6, 6.07) is 9.04. The minimum atomic E-state index is 0.250. The second-order valence-electron chi connectivity index (χ2n) is 4.38. The van der Waals surface area contributed by atoms with E-state index in [1.807, 2.05) is 19.9 Å². The molecule has 0 aliphatic rings. The fourth-order valence-corrected chi connectivity index (χ4v) is 1.89. The van der Waals surface area contributed by atoms with E-state index in [2.05, 4.69) is 11.1 Å². The second-order valence-corrected chi connectivity index (χ2v) is 4.38. The van der Waals surface area contributed by atoms with Gasteiger partial charge in [-0.3, -0.25) is 0 Å². The summed E-state index contributed by atoms with van der Waals surface area (Å²) in [5.74, 6) is 0.868. The number of pyridine rings is 1. The second kappa shape index (κ2) is 5.29. The quantitative estimate of drug-likeness (QED) is 0.899. The molecular weight excluding hydrogens is 252 g/mol. The smallest absolute Gasteiger partial charge is 0.242 e. The lowest BCUT2D eigenvalue weighted by Gasteiger charge is -2.12. The molecule has 5 nitrogen and oxygen atoms in total. The molecule has 0 spiro atoms. The molecule has 0 saturated heterocycles. The van der Waals surface area contributed by atoms with Gasteiger partial charge in [0.1, 0.15) is 11.8 Å². The number of nitriles is 2. The highest BCUT2D eigenvalue weighted by atomic mass is 16.5. The Morgan fingerprint density at radius 2 is 1.65 bits per heavy atom. The molecule has 98 valence electrons. The van der Waals surface area contributed by atoms with E-state index in [0.717, 1.165) is 11.1 Å². The van der Waals surface area contributed by atoms with Crippen LogP contribution in [-0.4, -0.2) is 4.98 Å². The highest BCUT2D eigenvalue weighted by Crippen LogP contribution is 2.31. The zero-order valence-corrected chi connectivity index (χ0v) is 11.1. The molecule has 1 aromatic heterocycles. The van der Waals surface area contributed by atoms with Crippen LogP contribution in [0.3, 0.4) is 0 Å². The average Bonchev–Trinajstić information content (AvgIpc) is 2.43. The number of nitrogen functional groups attached to an aromatic ring is 1. The Balaban J connectivity index is 2.41. The first-order chi connectivity index (χ1) is 9.55. The minimum absolute atomic E-state index is 0.250. The van der Waals surface area contributed by atoms with Gasteiger partial charge in [-0.2, -0.15) is 10.5 Å². The fraction of sp³-hybridized carbons (Fsp3) is 0.133. The third kappa shape index (κ3) is 2.52. The highest BCUT2D eigenvalue weighted by Gasteiger charge is 2.11. The summed E-state index contributed by atoms with van der Waals surface area (Å²) in [6.07, 6.45) is 1.40. The van der Waals surface area contributed by atoms with E-state index in [9.17, 15) is 0 Å². The van der Waals surface area contributed by atoms with Gasteiger partial charge in [0.2, 0.25) is 5.88 Å². The Morgan fingerprint density at radius 1 is 1.05 bits per heavy atom. The van der Waals surface area contributed by atoms with E-state index in [1.54, 1.807) is 12.1 Å². The van der Waals surface area contributed by atoms with Crippen molar-refractivity contribution in [1.82, 2.24) is 4.98 Å². The van der Waals surface area contributed by atoms with Crippen LogP contribution in [0.1, 0.15) is 22.3 Å². The number of aromatic nitrogens is 1. The van der Waals surface area contributed by atoms with Gasteiger partial charge >= 0.3 is 0 Å². The molecule has 2 N–H and O–H groups in total. The van der Waals surface area contributed by atoms with Crippen LogP contribution in [-0.2, 0) is 0 Å². The largest absolute Gasteiger partial charge is 0.437 e. The molecule has 0 saturated carbocycles. The van der Waals surface area contributed by atoms with E-state index in [0.29, 0.717) is 22.6 Å². The van der Waals surface area contributed by atoms with Crippen LogP contribution in [0.5, 0.6) is 11.6 Å². The van der Waals surface area contributed by atoms with Gasteiger partial charge in [-0.1, -0.05) is 0 Å². The van der Waals surface area contributed by atoms with Crippen molar-refractivity contribution in [2.75, 3.05) is 5.73 Å². The first-order valence-electron chi connectivity index (χ1n) is 5.90. The maximum atomic E-state index is 8.92. The maximum absolute atomic E-state index is 8.92. The van der Waals surface area contributed by atoms with Gasteiger partial charge in [0.25, 0.3) is 0 Å². The van der Waals surface area contributed by atoms with Crippen LogP contribution in [0, 0.1) is 36.5 Å². The van der Waals surface area contributed by atoms with E-state index in [-0.39, 0.29) is 5.88 Å². The molecule has 0 unspecified atom stereocenters. The van der Waals surface area contributed by atoms with Crippen molar-refractivity contribution >= 4 is 5.69 Å². The number of rotatable bonds is 2. The van der Waals surface area contributed by atoms with Crippen molar-refractivity contribution in [2.24, 2.45) is 0 Å². The topological polar surface area (TPSA) is 95.7 Å². The first kappa shape index (κ1) is 13.4. The third-order valence-corrected chi connectivity index (χ3v) is 2.80. The van der Waals surface area contributed by atoms with E-state index in [1.165, 1.54) is 12.3 Å². The van der Waals surface area contributed by atoms with Gasteiger partial charge in [-0.25, -0.2) is 4.98 Å². The van der Waals surface area contributed by atoms with Crippen molar-refractivity contribution in [1.29, 1.82) is 10.5 Å². The molecule has 1 aromatic carbocycles. The van der Waals surface area contributed by atoms with Crippen LogP contribution in [0.15, 0.2) is 24.4 Å². The molecule has 0 fully saturated rings. The zero-order chi connectivity index (χ0) is 14.7. The van der Waals surface area contributed by atoms with E-state index < -0.39 is 0 Å². The maximum Gasteiger partial charge on any atom is 0.242 e. The van der Waals surface area contributed by atoms with Gasteiger partial charge in [0, 0.05) is 6.20 Å². The molecule has 2 rings (SSSR count). The van der Waals surface area contributed by atoms with Crippen LogP contribution in [0.25, 0.3) is 0 Å². The number of hydrogen-bond acceptors (Lipinski definition) is 5.